The van der Waals surface area contributed by atoms with Crippen LogP contribution in [0.25, 0.3) is 10.7 Å². The molecule has 1 unspecified atom stereocenters. The summed E-state index contributed by atoms with van der Waals surface area (Å²) in [5.74, 6) is -0.402. The minimum Gasteiger partial charge on any atom is -0.481 e. The van der Waals surface area contributed by atoms with Crippen LogP contribution in [0.3, 0.4) is 0 Å². The summed E-state index contributed by atoms with van der Waals surface area (Å²) in [6, 6.07) is 3.81. The van der Waals surface area contributed by atoms with Crippen molar-refractivity contribution < 1.29 is 19.2 Å². The van der Waals surface area contributed by atoms with E-state index in [-0.39, 0.29) is 12.3 Å². The first-order valence-electron chi connectivity index (χ1n) is 7.00. The number of amides is 1. The monoisotopic (exact) mass is 321 g/mol. The molecule has 3 heterocycles. The fourth-order valence-corrected chi connectivity index (χ4v) is 3.07. The van der Waals surface area contributed by atoms with Crippen LogP contribution in [0.1, 0.15) is 18.7 Å². The molecule has 1 aliphatic rings. The summed E-state index contributed by atoms with van der Waals surface area (Å²) >= 11 is 1.52. The zero-order valence-electron chi connectivity index (χ0n) is 11.8. The van der Waals surface area contributed by atoms with Gasteiger partial charge in [0.1, 0.15) is 0 Å². The number of nitrogens with zero attached hydrogens (tertiary/aromatic N) is 3. The highest BCUT2D eigenvalue weighted by Crippen LogP contribution is 2.22. The molecule has 0 spiro atoms. The molecule has 0 aliphatic carbocycles. The fraction of sp³-hybridized carbons (Fsp3) is 0.429. The van der Waals surface area contributed by atoms with Crippen LogP contribution in [0.4, 0.5) is 0 Å². The number of carboxylic acids is 1. The third-order valence-electron chi connectivity index (χ3n) is 3.65. The Kier molecular flexibility index (Phi) is 4.19. The van der Waals surface area contributed by atoms with Gasteiger partial charge in [0.25, 0.3) is 0 Å². The van der Waals surface area contributed by atoms with Crippen LogP contribution < -0.4 is 0 Å². The maximum absolute atomic E-state index is 12.1. The molecule has 1 N–H and O–H groups in total. The fourth-order valence-electron chi connectivity index (χ4n) is 2.42. The van der Waals surface area contributed by atoms with Crippen molar-refractivity contribution in [2.24, 2.45) is 5.92 Å². The van der Waals surface area contributed by atoms with E-state index in [1.807, 2.05) is 17.5 Å². The highest BCUT2D eigenvalue weighted by Gasteiger charge is 2.30. The van der Waals surface area contributed by atoms with Crippen molar-refractivity contribution in [3.05, 3.63) is 23.4 Å². The zero-order chi connectivity index (χ0) is 15.5. The Labute approximate surface area is 130 Å². The van der Waals surface area contributed by atoms with Gasteiger partial charge >= 0.3 is 5.97 Å². The summed E-state index contributed by atoms with van der Waals surface area (Å²) in [4.78, 5) is 29.7. The Balaban J connectivity index is 1.52. The van der Waals surface area contributed by atoms with Crippen molar-refractivity contribution in [2.75, 3.05) is 13.1 Å². The van der Waals surface area contributed by atoms with Crippen molar-refractivity contribution in [3.63, 3.8) is 0 Å². The normalized spacial score (nSPS) is 17.8. The van der Waals surface area contributed by atoms with Crippen molar-refractivity contribution in [1.82, 2.24) is 15.0 Å². The first kappa shape index (κ1) is 14.7. The second-order valence-corrected chi connectivity index (χ2v) is 6.10. The summed E-state index contributed by atoms with van der Waals surface area (Å²) in [6.07, 6.45) is 1.13. The summed E-state index contributed by atoms with van der Waals surface area (Å²) in [5, 5.41) is 14.8. The molecule has 1 atom stereocenters. The third kappa shape index (κ3) is 3.16. The SMILES string of the molecule is O=C(O)C1CCN(C(=O)CCc2nc(-c3cccs3)no2)C1. The Morgan fingerprint density at radius 1 is 1.50 bits per heavy atom. The van der Waals surface area contributed by atoms with Gasteiger partial charge in [-0.1, -0.05) is 11.2 Å². The Morgan fingerprint density at radius 2 is 2.36 bits per heavy atom. The third-order valence-corrected chi connectivity index (χ3v) is 4.52. The number of aliphatic carboxylic acids is 1. The van der Waals surface area contributed by atoms with E-state index in [2.05, 4.69) is 10.1 Å². The molecule has 8 heteroatoms. The predicted octanol–water partition coefficient (Wildman–Crippen LogP) is 1.66. The van der Waals surface area contributed by atoms with E-state index in [1.54, 1.807) is 4.90 Å². The number of hydrogen-bond donors (Lipinski definition) is 1. The van der Waals surface area contributed by atoms with E-state index in [9.17, 15) is 9.59 Å². The molecule has 3 rings (SSSR count). The van der Waals surface area contributed by atoms with Crippen LogP contribution >= 0.6 is 11.3 Å². The van der Waals surface area contributed by atoms with Gasteiger partial charge in [-0.25, -0.2) is 0 Å². The first-order chi connectivity index (χ1) is 10.6. The number of carbonyl (C=O) groups excluding carboxylic acids is 1. The van der Waals surface area contributed by atoms with Crippen LogP contribution in [0.2, 0.25) is 0 Å². The molecule has 1 amide bonds. The maximum Gasteiger partial charge on any atom is 0.308 e. The van der Waals surface area contributed by atoms with E-state index in [0.717, 1.165) is 4.88 Å². The second-order valence-electron chi connectivity index (χ2n) is 5.15. The molecule has 0 bridgehead atoms. The molecule has 7 nitrogen and oxygen atoms in total. The van der Waals surface area contributed by atoms with Gasteiger partial charge in [0.2, 0.25) is 17.6 Å². The average Bonchev–Trinajstić information content (AvgIpc) is 3.23. The van der Waals surface area contributed by atoms with Crippen LogP contribution in [-0.4, -0.2) is 45.1 Å². The van der Waals surface area contributed by atoms with Gasteiger partial charge in [-0.3, -0.25) is 9.59 Å². The lowest BCUT2D eigenvalue weighted by atomic mass is 10.1. The van der Waals surface area contributed by atoms with Gasteiger partial charge in [-0.05, 0) is 17.9 Å². The Bertz CT molecular complexity index is 667. The standard InChI is InChI=1S/C14H15N3O4S/c18-12(17-6-5-9(8-17)14(19)20)4-3-11-15-13(16-21-11)10-2-1-7-22-10/h1-2,7,9H,3-6,8H2,(H,19,20). The number of likely N-dealkylation sites (tertiary alicyclic amines) is 1. The Hall–Kier alpha value is -2.22. The Morgan fingerprint density at radius 3 is 3.05 bits per heavy atom. The molecule has 2 aromatic rings. The van der Waals surface area contributed by atoms with Crippen LogP contribution in [0, 0.1) is 5.92 Å². The number of hydrogen-bond acceptors (Lipinski definition) is 6. The smallest absolute Gasteiger partial charge is 0.308 e. The van der Waals surface area contributed by atoms with Crippen molar-refractivity contribution >= 4 is 23.2 Å². The highest BCUT2D eigenvalue weighted by molar-refractivity contribution is 7.13. The number of aryl methyl sites for hydroxylation is 1. The molecule has 1 aliphatic heterocycles. The number of thiophene rings is 1. The molecule has 0 aromatic carbocycles. The van der Waals surface area contributed by atoms with E-state index in [1.165, 1.54) is 11.3 Å². The minimum absolute atomic E-state index is 0.0698. The number of rotatable bonds is 5. The number of carboxylic acid groups (broad SMARTS) is 1. The maximum atomic E-state index is 12.1. The molecule has 116 valence electrons. The van der Waals surface area contributed by atoms with E-state index in [4.69, 9.17) is 9.63 Å². The van der Waals surface area contributed by atoms with E-state index >= 15 is 0 Å². The van der Waals surface area contributed by atoms with Gasteiger partial charge in [-0.15, -0.1) is 11.3 Å². The minimum atomic E-state index is -0.840. The molecule has 0 saturated carbocycles. The summed E-state index contributed by atoms with van der Waals surface area (Å²) in [6.45, 7) is 0.790. The largest absolute Gasteiger partial charge is 0.481 e. The lowest BCUT2D eigenvalue weighted by Gasteiger charge is -2.14. The van der Waals surface area contributed by atoms with E-state index < -0.39 is 11.9 Å². The predicted molar refractivity (Wildman–Crippen MR) is 78.3 cm³/mol. The van der Waals surface area contributed by atoms with Crippen LogP contribution in [-0.2, 0) is 16.0 Å². The lowest BCUT2D eigenvalue weighted by Crippen LogP contribution is -2.30. The molecule has 1 fully saturated rings. The molecular weight excluding hydrogens is 306 g/mol. The summed E-state index contributed by atoms with van der Waals surface area (Å²) < 4.78 is 5.14. The van der Waals surface area contributed by atoms with Gasteiger partial charge in [0.15, 0.2) is 0 Å². The second kappa shape index (κ2) is 6.27. The van der Waals surface area contributed by atoms with Crippen LogP contribution in [0.5, 0.6) is 0 Å². The molecule has 22 heavy (non-hydrogen) atoms. The van der Waals surface area contributed by atoms with Gasteiger partial charge < -0.3 is 14.5 Å². The summed E-state index contributed by atoms with van der Waals surface area (Å²) in [5.41, 5.74) is 0. The average molecular weight is 321 g/mol. The number of aromatic nitrogens is 2. The van der Waals surface area contributed by atoms with Gasteiger partial charge in [-0.2, -0.15) is 4.98 Å². The van der Waals surface area contributed by atoms with Gasteiger partial charge in [0, 0.05) is 25.9 Å². The van der Waals surface area contributed by atoms with Crippen molar-refractivity contribution in [3.8, 4) is 10.7 Å². The van der Waals surface area contributed by atoms with E-state index in [0.29, 0.717) is 37.6 Å². The van der Waals surface area contributed by atoms with Gasteiger partial charge in [0.05, 0.1) is 10.8 Å². The molecule has 0 radical (unpaired) electrons. The first-order valence-corrected chi connectivity index (χ1v) is 7.88. The van der Waals surface area contributed by atoms with Crippen molar-refractivity contribution in [2.45, 2.75) is 19.3 Å². The summed E-state index contributed by atoms with van der Waals surface area (Å²) in [7, 11) is 0. The topological polar surface area (TPSA) is 96.5 Å². The molecule has 2 aromatic heterocycles. The highest BCUT2D eigenvalue weighted by atomic mass is 32.1. The lowest BCUT2D eigenvalue weighted by molar-refractivity contribution is -0.141. The molecular formula is C14H15N3O4S. The quantitative estimate of drug-likeness (QED) is 0.899. The number of carbonyl (C=O) groups is 2. The zero-order valence-corrected chi connectivity index (χ0v) is 12.6. The molecule has 1 saturated heterocycles. The van der Waals surface area contributed by atoms with Crippen molar-refractivity contribution in [1.29, 1.82) is 0 Å². The van der Waals surface area contributed by atoms with Crippen LogP contribution in [0.15, 0.2) is 22.0 Å².